The summed E-state index contributed by atoms with van der Waals surface area (Å²) in [5.41, 5.74) is 4.66. The second-order valence-electron chi connectivity index (χ2n) is 4.21. The molecule has 6 heteroatoms. The van der Waals surface area contributed by atoms with E-state index in [0.29, 0.717) is 12.6 Å². The van der Waals surface area contributed by atoms with Gasteiger partial charge in [0.2, 0.25) is 5.91 Å². The van der Waals surface area contributed by atoms with Gasteiger partial charge in [-0.1, -0.05) is 0 Å². The molecule has 0 aliphatic heterocycles. The zero-order chi connectivity index (χ0) is 10.9. The third kappa shape index (κ3) is 2.33. The van der Waals surface area contributed by atoms with Crippen LogP contribution in [-0.4, -0.2) is 32.3 Å². The zero-order valence-electron chi connectivity index (χ0n) is 8.68. The van der Waals surface area contributed by atoms with Gasteiger partial charge in [0, 0.05) is 6.04 Å². The SMILES string of the molecule is CC(Cn1cncn1)(NC1CC1)C(N)=O. The highest BCUT2D eigenvalue weighted by Gasteiger charge is 2.37. The lowest BCUT2D eigenvalue weighted by molar-refractivity contribution is -0.124. The van der Waals surface area contributed by atoms with Crippen LogP contribution in [0.2, 0.25) is 0 Å². The monoisotopic (exact) mass is 209 g/mol. The van der Waals surface area contributed by atoms with E-state index >= 15 is 0 Å². The summed E-state index contributed by atoms with van der Waals surface area (Å²) in [5.74, 6) is -0.357. The van der Waals surface area contributed by atoms with E-state index in [2.05, 4.69) is 15.4 Å². The van der Waals surface area contributed by atoms with Gasteiger partial charge in [-0.3, -0.25) is 14.8 Å². The Kier molecular flexibility index (Phi) is 2.44. The van der Waals surface area contributed by atoms with Crippen LogP contribution >= 0.6 is 0 Å². The Morgan fingerprint density at radius 3 is 2.93 bits per heavy atom. The average Bonchev–Trinajstić information content (AvgIpc) is 2.80. The molecule has 1 aliphatic rings. The molecule has 1 heterocycles. The lowest BCUT2D eigenvalue weighted by Crippen LogP contribution is -2.56. The Labute approximate surface area is 87.9 Å². The molecule has 0 bridgehead atoms. The number of rotatable bonds is 5. The Morgan fingerprint density at radius 2 is 2.47 bits per heavy atom. The number of nitrogens with two attached hydrogens (primary N) is 1. The number of aromatic nitrogens is 3. The molecular weight excluding hydrogens is 194 g/mol. The van der Waals surface area contributed by atoms with E-state index in [1.807, 2.05) is 0 Å². The van der Waals surface area contributed by atoms with E-state index in [1.165, 1.54) is 6.33 Å². The predicted molar refractivity (Wildman–Crippen MR) is 53.8 cm³/mol. The van der Waals surface area contributed by atoms with Crippen LogP contribution in [-0.2, 0) is 11.3 Å². The molecule has 6 nitrogen and oxygen atoms in total. The Bertz CT molecular complexity index is 345. The van der Waals surface area contributed by atoms with Gasteiger partial charge in [0.25, 0.3) is 0 Å². The second-order valence-corrected chi connectivity index (χ2v) is 4.21. The van der Waals surface area contributed by atoms with Crippen molar-refractivity contribution in [3.05, 3.63) is 12.7 Å². The highest BCUT2D eigenvalue weighted by molar-refractivity contribution is 5.84. The molecule has 1 saturated carbocycles. The Hall–Kier alpha value is -1.43. The van der Waals surface area contributed by atoms with Crippen molar-refractivity contribution in [3.8, 4) is 0 Å². The topological polar surface area (TPSA) is 85.8 Å². The first-order valence-corrected chi connectivity index (χ1v) is 5.00. The van der Waals surface area contributed by atoms with Gasteiger partial charge in [0.05, 0.1) is 6.54 Å². The fourth-order valence-electron chi connectivity index (χ4n) is 1.51. The molecule has 82 valence electrons. The minimum absolute atomic E-state index is 0.357. The molecule has 3 N–H and O–H groups in total. The van der Waals surface area contributed by atoms with Crippen LogP contribution in [0, 0.1) is 0 Å². The summed E-state index contributed by atoms with van der Waals surface area (Å²) in [6.45, 7) is 2.22. The van der Waals surface area contributed by atoms with Gasteiger partial charge in [-0.15, -0.1) is 0 Å². The summed E-state index contributed by atoms with van der Waals surface area (Å²) >= 11 is 0. The van der Waals surface area contributed by atoms with E-state index in [-0.39, 0.29) is 5.91 Å². The third-order valence-electron chi connectivity index (χ3n) is 2.59. The van der Waals surface area contributed by atoms with Crippen LogP contribution in [0.4, 0.5) is 0 Å². The van der Waals surface area contributed by atoms with Crippen LogP contribution in [0.5, 0.6) is 0 Å². The lowest BCUT2D eigenvalue weighted by Gasteiger charge is -2.27. The number of nitrogens with one attached hydrogen (secondary N) is 1. The first-order chi connectivity index (χ1) is 7.10. The van der Waals surface area contributed by atoms with Crippen molar-refractivity contribution in [1.82, 2.24) is 20.1 Å². The van der Waals surface area contributed by atoms with E-state index in [9.17, 15) is 4.79 Å². The number of primary amides is 1. The molecule has 0 radical (unpaired) electrons. The smallest absolute Gasteiger partial charge is 0.239 e. The maximum Gasteiger partial charge on any atom is 0.239 e. The molecule has 1 fully saturated rings. The van der Waals surface area contributed by atoms with Gasteiger partial charge in [0.15, 0.2) is 0 Å². The molecule has 1 aromatic heterocycles. The molecule has 0 saturated heterocycles. The minimum Gasteiger partial charge on any atom is -0.368 e. The molecule has 1 aliphatic carbocycles. The summed E-state index contributed by atoms with van der Waals surface area (Å²) in [6.07, 6.45) is 5.24. The van der Waals surface area contributed by atoms with Crippen LogP contribution in [0.25, 0.3) is 0 Å². The van der Waals surface area contributed by atoms with Crippen molar-refractivity contribution in [2.75, 3.05) is 0 Å². The predicted octanol–water partition coefficient (Wildman–Crippen LogP) is -0.726. The molecule has 2 rings (SSSR count). The van der Waals surface area contributed by atoms with Crippen molar-refractivity contribution in [2.24, 2.45) is 5.73 Å². The van der Waals surface area contributed by atoms with Crippen molar-refractivity contribution in [3.63, 3.8) is 0 Å². The molecule has 0 spiro atoms. The van der Waals surface area contributed by atoms with E-state index < -0.39 is 5.54 Å². The van der Waals surface area contributed by atoms with Gasteiger partial charge in [-0.05, 0) is 19.8 Å². The fourth-order valence-corrected chi connectivity index (χ4v) is 1.51. The zero-order valence-corrected chi connectivity index (χ0v) is 8.68. The van der Waals surface area contributed by atoms with E-state index in [4.69, 9.17) is 5.73 Å². The summed E-state index contributed by atoms with van der Waals surface area (Å²) < 4.78 is 1.61. The first kappa shape index (κ1) is 10.1. The first-order valence-electron chi connectivity index (χ1n) is 5.00. The number of hydrogen-bond acceptors (Lipinski definition) is 4. The molecule has 1 amide bonds. The van der Waals surface area contributed by atoms with Crippen LogP contribution in [0.1, 0.15) is 19.8 Å². The maximum atomic E-state index is 11.4. The molecule has 0 aromatic carbocycles. The molecule has 15 heavy (non-hydrogen) atoms. The second kappa shape index (κ2) is 3.62. The van der Waals surface area contributed by atoms with Crippen molar-refractivity contribution < 1.29 is 4.79 Å². The van der Waals surface area contributed by atoms with E-state index in [1.54, 1.807) is 17.9 Å². The van der Waals surface area contributed by atoms with E-state index in [0.717, 1.165) is 12.8 Å². The average molecular weight is 209 g/mol. The normalized spacial score (nSPS) is 19.8. The Morgan fingerprint density at radius 1 is 1.73 bits per heavy atom. The number of hydrogen-bond donors (Lipinski definition) is 2. The van der Waals surface area contributed by atoms with Crippen LogP contribution in [0.3, 0.4) is 0 Å². The molecule has 1 atom stereocenters. The largest absolute Gasteiger partial charge is 0.368 e. The quantitative estimate of drug-likeness (QED) is 0.669. The van der Waals surface area contributed by atoms with Gasteiger partial charge < -0.3 is 5.73 Å². The minimum atomic E-state index is -0.741. The summed E-state index contributed by atoms with van der Waals surface area (Å²) in [6, 6.07) is 0.422. The van der Waals surface area contributed by atoms with Gasteiger partial charge in [-0.2, -0.15) is 5.10 Å². The fraction of sp³-hybridized carbons (Fsp3) is 0.667. The summed E-state index contributed by atoms with van der Waals surface area (Å²) in [7, 11) is 0. The van der Waals surface area contributed by atoms with Crippen LogP contribution < -0.4 is 11.1 Å². The molecular formula is C9H15N5O. The van der Waals surface area contributed by atoms with Crippen LogP contribution in [0.15, 0.2) is 12.7 Å². The highest BCUT2D eigenvalue weighted by atomic mass is 16.1. The highest BCUT2D eigenvalue weighted by Crippen LogP contribution is 2.23. The Balaban J connectivity index is 2.07. The third-order valence-corrected chi connectivity index (χ3v) is 2.59. The number of carbonyl (C=O) groups excluding carboxylic acids is 1. The maximum absolute atomic E-state index is 11.4. The number of nitrogens with zero attached hydrogens (tertiary/aromatic N) is 3. The summed E-state index contributed by atoms with van der Waals surface area (Å²) in [5, 5.41) is 7.21. The summed E-state index contributed by atoms with van der Waals surface area (Å²) in [4.78, 5) is 15.2. The number of amides is 1. The molecule has 1 unspecified atom stereocenters. The van der Waals surface area contributed by atoms with Crippen molar-refractivity contribution in [1.29, 1.82) is 0 Å². The van der Waals surface area contributed by atoms with Gasteiger partial charge >= 0.3 is 0 Å². The number of carbonyl (C=O) groups is 1. The standard InChI is InChI=1S/C9H15N5O/c1-9(8(10)15,13-7-2-3-7)4-14-6-11-5-12-14/h5-7,13H,2-4H2,1H3,(H2,10,15). The van der Waals surface area contributed by atoms with Crippen molar-refractivity contribution >= 4 is 5.91 Å². The van der Waals surface area contributed by atoms with Crippen molar-refractivity contribution in [2.45, 2.75) is 37.9 Å². The molecule has 1 aromatic rings. The lowest BCUT2D eigenvalue weighted by atomic mass is 10.0. The van der Waals surface area contributed by atoms with Gasteiger partial charge in [-0.25, -0.2) is 4.98 Å². The van der Waals surface area contributed by atoms with Gasteiger partial charge in [0.1, 0.15) is 18.2 Å².